The molecule has 2 atom stereocenters. The highest BCUT2D eigenvalue weighted by atomic mass is 32.1. The number of amides is 1. The van der Waals surface area contributed by atoms with E-state index in [9.17, 15) is 19.7 Å². The summed E-state index contributed by atoms with van der Waals surface area (Å²) in [6.07, 6.45) is 2.98. The number of hydrogen-bond acceptors (Lipinski definition) is 6. The molecule has 0 unspecified atom stereocenters. The molecule has 2 heterocycles. The lowest BCUT2D eigenvalue weighted by atomic mass is 9.97. The molecule has 1 aromatic heterocycles. The van der Waals surface area contributed by atoms with E-state index in [0.717, 1.165) is 30.6 Å². The van der Waals surface area contributed by atoms with Gasteiger partial charge in [0.1, 0.15) is 4.88 Å². The number of esters is 1. The summed E-state index contributed by atoms with van der Waals surface area (Å²) in [5.74, 6) is -0.928. The van der Waals surface area contributed by atoms with Gasteiger partial charge in [-0.3, -0.25) is 14.9 Å². The second kappa shape index (κ2) is 6.87. The molecular formula is C14H18N2O5S. The smallest absolute Gasteiger partial charge is 0.349 e. The van der Waals surface area contributed by atoms with Crippen molar-refractivity contribution in [2.24, 2.45) is 0 Å². The average molecular weight is 326 g/mol. The maximum Gasteiger partial charge on any atom is 0.349 e. The molecule has 0 N–H and O–H groups in total. The van der Waals surface area contributed by atoms with Crippen molar-refractivity contribution in [2.45, 2.75) is 45.2 Å². The molecule has 1 aromatic rings. The minimum atomic E-state index is -0.705. The van der Waals surface area contributed by atoms with Crippen LogP contribution in [-0.2, 0) is 9.53 Å². The van der Waals surface area contributed by atoms with Crippen LogP contribution >= 0.6 is 11.3 Å². The van der Waals surface area contributed by atoms with E-state index < -0.39 is 10.9 Å². The SMILES string of the molecule is C[C@H]1CCC[C@H](C)N1C(=O)COC(=O)c1ccc([N+](=O)[O-])s1. The number of thiophene rings is 1. The van der Waals surface area contributed by atoms with Crippen molar-refractivity contribution in [1.29, 1.82) is 0 Å². The van der Waals surface area contributed by atoms with Gasteiger partial charge in [-0.15, -0.1) is 0 Å². The number of nitro groups is 1. The second-order valence-electron chi connectivity index (χ2n) is 5.40. The molecule has 120 valence electrons. The number of likely N-dealkylation sites (tertiary alicyclic amines) is 1. The van der Waals surface area contributed by atoms with E-state index in [0.29, 0.717) is 0 Å². The minimum Gasteiger partial charge on any atom is -0.451 e. The molecule has 0 aliphatic carbocycles. The van der Waals surface area contributed by atoms with Crippen molar-refractivity contribution in [1.82, 2.24) is 4.90 Å². The highest BCUT2D eigenvalue weighted by Crippen LogP contribution is 2.25. The zero-order valence-corrected chi connectivity index (χ0v) is 13.3. The van der Waals surface area contributed by atoms with Gasteiger partial charge in [0.2, 0.25) is 0 Å². The van der Waals surface area contributed by atoms with Crippen LogP contribution in [-0.4, -0.2) is 40.4 Å². The summed E-state index contributed by atoms with van der Waals surface area (Å²) >= 11 is 0.739. The standard InChI is InChI=1S/C14H18N2O5S/c1-9-4-3-5-10(2)15(9)12(17)8-21-14(18)11-6-7-13(22-11)16(19)20/h6-7,9-10H,3-5,8H2,1-2H3/t9-,10-/m0/s1. The summed E-state index contributed by atoms with van der Waals surface area (Å²) in [6.45, 7) is 3.63. The summed E-state index contributed by atoms with van der Waals surface area (Å²) < 4.78 is 4.99. The van der Waals surface area contributed by atoms with Gasteiger partial charge in [-0.25, -0.2) is 4.79 Å². The van der Waals surface area contributed by atoms with E-state index in [1.807, 2.05) is 13.8 Å². The van der Waals surface area contributed by atoms with Crippen molar-refractivity contribution < 1.29 is 19.2 Å². The van der Waals surface area contributed by atoms with Gasteiger partial charge in [-0.05, 0) is 39.2 Å². The molecule has 22 heavy (non-hydrogen) atoms. The first-order valence-corrected chi connectivity index (χ1v) is 7.94. The van der Waals surface area contributed by atoms with Crippen molar-refractivity contribution in [3.63, 3.8) is 0 Å². The zero-order chi connectivity index (χ0) is 16.3. The Balaban J connectivity index is 1.92. The number of carbonyl (C=O) groups excluding carboxylic acids is 2. The lowest BCUT2D eigenvalue weighted by Gasteiger charge is -2.38. The van der Waals surface area contributed by atoms with Crippen LogP contribution in [0, 0.1) is 10.1 Å². The Morgan fingerprint density at radius 3 is 2.55 bits per heavy atom. The second-order valence-corrected chi connectivity index (χ2v) is 6.46. The first-order chi connectivity index (χ1) is 10.4. The number of hydrogen-bond donors (Lipinski definition) is 0. The molecule has 1 fully saturated rings. The summed E-state index contributed by atoms with van der Waals surface area (Å²) in [7, 11) is 0. The lowest BCUT2D eigenvalue weighted by Crippen LogP contribution is -2.49. The third-order valence-corrected chi connectivity index (χ3v) is 4.80. The lowest BCUT2D eigenvalue weighted by molar-refractivity contribution is -0.380. The Hall–Kier alpha value is -1.96. The first kappa shape index (κ1) is 16.4. The van der Waals surface area contributed by atoms with E-state index in [1.54, 1.807) is 4.90 Å². The fourth-order valence-electron chi connectivity index (χ4n) is 2.72. The highest BCUT2D eigenvalue weighted by Gasteiger charge is 2.29. The minimum absolute atomic E-state index is 0.124. The van der Waals surface area contributed by atoms with E-state index in [2.05, 4.69) is 0 Å². The topological polar surface area (TPSA) is 89.8 Å². The fourth-order valence-corrected chi connectivity index (χ4v) is 3.44. The van der Waals surface area contributed by atoms with Crippen LogP contribution in [0.15, 0.2) is 12.1 Å². The molecule has 0 bridgehead atoms. The predicted octanol–water partition coefficient (Wildman–Crippen LogP) is 2.60. The normalized spacial score (nSPS) is 21.5. The average Bonchev–Trinajstić information content (AvgIpc) is 2.94. The van der Waals surface area contributed by atoms with Crippen molar-refractivity contribution in [2.75, 3.05) is 6.61 Å². The van der Waals surface area contributed by atoms with E-state index >= 15 is 0 Å². The number of ether oxygens (including phenoxy) is 1. The van der Waals surface area contributed by atoms with Gasteiger partial charge in [0, 0.05) is 18.2 Å². The molecule has 1 aliphatic heterocycles. The Morgan fingerprint density at radius 2 is 2.00 bits per heavy atom. The number of piperidine rings is 1. The molecule has 1 saturated heterocycles. The van der Waals surface area contributed by atoms with Gasteiger partial charge in [0.15, 0.2) is 6.61 Å². The van der Waals surface area contributed by atoms with Gasteiger partial charge < -0.3 is 9.64 Å². The van der Waals surface area contributed by atoms with Gasteiger partial charge >= 0.3 is 11.0 Å². The van der Waals surface area contributed by atoms with Crippen LogP contribution in [0.3, 0.4) is 0 Å². The van der Waals surface area contributed by atoms with E-state index in [-0.39, 0.29) is 34.5 Å². The fraction of sp³-hybridized carbons (Fsp3) is 0.571. The molecule has 0 spiro atoms. The molecule has 7 nitrogen and oxygen atoms in total. The van der Waals surface area contributed by atoms with Crippen molar-refractivity contribution >= 4 is 28.2 Å². The Morgan fingerprint density at radius 1 is 1.36 bits per heavy atom. The number of carbonyl (C=O) groups is 2. The molecule has 1 amide bonds. The van der Waals surface area contributed by atoms with Crippen LogP contribution < -0.4 is 0 Å². The summed E-state index contributed by atoms with van der Waals surface area (Å²) in [5, 5.41) is 10.5. The largest absolute Gasteiger partial charge is 0.451 e. The third-order valence-electron chi connectivity index (χ3n) is 3.78. The molecule has 8 heteroatoms. The number of nitrogens with zero attached hydrogens (tertiary/aromatic N) is 2. The van der Waals surface area contributed by atoms with E-state index in [1.165, 1.54) is 12.1 Å². The quantitative estimate of drug-likeness (QED) is 0.482. The van der Waals surface area contributed by atoms with Crippen molar-refractivity contribution in [3.05, 3.63) is 27.1 Å². The molecule has 0 radical (unpaired) electrons. The molecule has 1 aliphatic rings. The van der Waals surface area contributed by atoms with Crippen molar-refractivity contribution in [3.8, 4) is 0 Å². The third kappa shape index (κ3) is 3.62. The summed E-state index contributed by atoms with van der Waals surface area (Å²) in [6, 6.07) is 2.86. The first-order valence-electron chi connectivity index (χ1n) is 7.12. The molecule has 2 rings (SSSR count). The molecule has 0 saturated carbocycles. The van der Waals surface area contributed by atoms with Gasteiger partial charge in [-0.2, -0.15) is 0 Å². The van der Waals surface area contributed by atoms with Crippen LogP contribution in [0.25, 0.3) is 0 Å². The maximum absolute atomic E-state index is 12.2. The predicted molar refractivity (Wildman–Crippen MR) is 80.9 cm³/mol. The number of rotatable bonds is 4. The van der Waals surface area contributed by atoms with Gasteiger partial charge in [0.25, 0.3) is 5.91 Å². The molecule has 0 aromatic carbocycles. The van der Waals surface area contributed by atoms with Gasteiger partial charge in [-0.1, -0.05) is 11.3 Å². The zero-order valence-electron chi connectivity index (χ0n) is 12.5. The van der Waals surface area contributed by atoms with Crippen LogP contribution in [0.1, 0.15) is 42.8 Å². The summed E-state index contributed by atoms with van der Waals surface area (Å²) in [4.78, 5) is 35.9. The maximum atomic E-state index is 12.2. The van der Waals surface area contributed by atoms with Crippen LogP contribution in [0.4, 0.5) is 5.00 Å². The molecular weight excluding hydrogens is 308 g/mol. The summed E-state index contributed by atoms with van der Waals surface area (Å²) in [5.41, 5.74) is 0. The van der Waals surface area contributed by atoms with Crippen LogP contribution in [0.5, 0.6) is 0 Å². The monoisotopic (exact) mass is 326 g/mol. The Kier molecular flexibility index (Phi) is 5.12. The Labute approximate surface area is 132 Å². The van der Waals surface area contributed by atoms with E-state index in [4.69, 9.17) is 4.74 Å². The van der Waals surface area contributed by atoms with Gasteiger partial charge in [0.05, 0.1) is 4.92 Å². The highest BCUT2D eigenvalue weighted by molar-refractivity contribution is 7.17. The van der Waals surface area contributed by atoms with Crippen LogP contribution in [0.2, 0.25) is 0 Å². The Bertz CT molecular complexity index is 576.